The predicted octanol–water partition coefficient (Wildman–Crippen LogP) is 4.00. The molecule has 0 unspecified atom stereocenters. The third-order valence-electron chi connectivity index (χ3n) is 5.17. The topological polar surface area (TPSA) is 46.3 Å². The molecule has 4 heteroatoms. The molecule has 0 aliphatic carbocycles. The molecule has 0 spiro atoms. The molecule has 1 aliphatic rings. The van der Waals surface area contributed by atoms with E-state index in [0.717, 1.165) is 55.1 Å². The van der Waals surface area contributed by atoms with E-state index in [4.69, 9.17) is 4.52 Å². The van der Waals surface area contributed by atoms with Crippen LogP contribution in [0.25, 0.3) is 0 Å². The molecule has 0 bridgehead atoms. The Labute approximate surface area is 143 Å². The van der Waals surface area contributed by atoms with Gasteiger partial charge in [-0.15, -0.1) is 0 Å². The number of nitrogens with zero attached hydrogens (tertiary/aromatic N) is 2. The van der Waals surface area contributed by atoms with E-state index in [1.165, 1.54) is 11.1 Å². The average Bonchev–Trinajstić information content (AvgIpc) is 2.87. The number of aryl methyl sites for hydroxylation is 4. The number of rotatable bonds is 4. The maximum Gasteiger partial charge on any atom is 0.166 e. The van der Waals surface area contributed by atoms with Crippen LogP contribution in [0.15, 0.2) is 22.7 Å². The molecule has 1 aromatic heterocycles. The maximum absolute atomic E-state index is 12.8. The van der Waals surface area contributed by atoms with Gasteiger partial charge in [-0.1, -0.05) is 28.9 Å². The molecule has 0 amide bonds. The maximum atomic E-state index is 12.8. The summed E-state index contributed by atoms with van der Waals surface area (Å²) in [4.78, 5) is 15.2. The normalized spacial score (nSPS) is 16.5. The molecule has 0 atom stereocenters. The fraction of sp³-hybridized carbons (Fsp3) is 0.500. The smallest absolute Gasteiger partial charge is 0.166 e. The van der Waals surface area contributed by atoms with Gasteiger partial charge in [-0.3, -0.25) is 9.69 Å². The van der Waals surface area contributed by atoms with E-state index >= 15 is 0 Å². The van der Waals surface area contributed by atoms with Gasteiger partial charge in [0.05, 0.1) is 5.69 Å². The van der Waals surface area contributed by atoms with Gasteiger partial charge in [0.15, 0.2) is 5.78 Å². The predicted molar refractivity (Wildman–Crippen MR) is 94.2 cm³/mol. The number of carbonyl (C=O) groups excluding carboxylic acids is 1. The summed E-state index contributed by atoms with van der Waals surface area (Å²) in [5.74, 6) is 1.36. The first kappa shape index (κ1) is 16.9. The van der Waals surface area contributed by atoms with Crippen LogP contribution in [0.1, 0.15) is 51.3 Å². The van der Waals surface area contributed by atoms with E-state index in [9.17, 15) is 4.79 Å². The van der Waals surface area contributed by atoms with Gasteiger partial charge in [-0.2, -0.15) is 0 Å². The zero-order chi connectivity index (χ0) is 17.3. The Kier molecular flexibility index (Phi) is 4.86. The van der Waals surface area contributed by atoms with Crippen LogP contribution in [-0.2, 0) is 6.54 Å². The van der Waals surface area contributed by atoms with Crippen LogP contribution in [0.3, 0.4) is 0 Å². The number of carbonyl (C=O) groups is 1. The summed E-state index contributed by atoms with van der Waals surface area (Å²) in [5, 5.41) is 4.03. The van der Waals surface area contributed by atoms with Gasteiger partial charge < -0.3 is 4.52 Å². The van der Waals surface area contributed by atoms with Gasteiger partial charge in [0.1, 0.15) is 5.76 Å². The fourth-order valence-corrected chi connectivity index (χ4v) is 3.61. The lowest BCUT2D eigenvalue weighted by atomic mass is 9.87. The molecule has 1 fully saturated rings. The van der Waals surface area contributed by atoms with Crippen LogP contribution in [0.4, 0.5) is 0 Å². The molecule has 128 valence electrons. The van der Waals surface area contributed by atoms with Crippen LogP contribution in [-0.4, -0.2) is 28.9 Å². The van der Waals surface area contributed by atoms with E-state index in [1.807, 2.05) is 32.9 Å². The van der Waals surface area contributed by atoms with Crippen LogP contribution in [0.5, 0.6) is 0 Å². The second-order valence-corrected chi connectivity index (χ2v) is 7.04. The highest BCUT2D eigenvalue weighted by Gasteiger charge is 2.27. The third kappa shape index (κ3) is 3.44. The Bertz CT molecular complexity index is 721. The molecule has 0 saturated carbocycles. The zero-order valence-electron chi connectivity index (χ0n) is 15.1. The monoisotopic (exact) mass is 326 g/mol. The summed E-state index contributed by atoms with van der Waals surface area (Å²) in [6, 6.07) is 6.12. The molecule has 0 radical (unpaired) electrons. The highest BCUT2D eigenvalue weighted by Crippen LogP contribution is 2.25. The lowest BCUT2D eigenvalue weighted by molar-refractivity contribution is 0.0833. The van der Waals surface area contributed by atoms with E-state index in [-0.39, 0.29) is 5.92 Å². The lowest BCUT2D eigenvalue weighted by Gasteiger charge is -2.31. The summed E-state index contributed by atoms with van der Waals surface area (Å²) in [5.41, 5.74) is 5.36. The van der Waals surface area contributed by atoms with E-state index in [2.05, 4.69) is 23.0 Å². The molecular weight excluding hydrogens is 300 g/mol. The number of ketones is 1. The summed E-state index contributed by atoms with van der Waals surface area (Å²) in [7, 11) is 0. The van der Waals surface area contributed by atoms with Crippen molar-refractivity contribution in [1.29, 1.82) is 0 Å². The molecule has 0 N–H and O–H groups in total. The van der Waals surface area contributed by atoms with Crippen molar-refractivity contribution in [2.24, 2.45) is 5.92 Å². The van der Waals surface area contributed by atoms with Gasteiger partial charge >= 0.3 is 0 Å². The minimum Gasteiger partial charge on any atom is -0.361 e. The Balaban J connectivity index is 1.61. The Morgan fingerprint density at radius 3 is 2.50 bits per heavy atom. The molecular formula is C20H26N2O2. The van der Waals surface area contributed by atoms with Crippen molar-refractivity contribution in [1.82, 2.24) is 10.1 Å². The molecule has 1 aliphatic heterocycles. The van der Waals surface area contributed by atoms with Crippen LogP contribution < -0.4 is 0 Å². The number of aromatic nitrogens is 1. The quantitative estimate of drug-likeness (QED) is 0.797. The molecule has 4 nitrogen and oxygen atoms in total. The number of benzene rings is 1. The van der Waals surface area contributed by atoms with Crippen molar-refractivity contribution < 1.29 is 9.32 Å². The van der Waals surface area contributed by atoms with Crippen molar-refractivity contribution in [3.05, 3.63) is 51.9 Å². The van der Waals surface area contributed by atoms with Crippen LogP contribution in [0.2, 0.25) is 0 Å². The van der Waals surface area contributed by atoms with Crippen LogP contribution >= 0.6 is 0 Å². The zero-order valence-corrected chi connectivity index (χ0v) is 15.1. The Morgan fingerprint density at radius 1 is 1.21 bits per heavy atom. The second-order valence-electron chi connectivity index (χ2n) is 7.04. The first-order valence-corrected chi connectivity index (χ1v) is 8.71. The number of Topliss-reactive ketones (excluding diaryl/α,β-unsaturated/α-hetero) is 1. The number of likely N-dealkylation sites (tertiary alicyclic amines) is 1. The summed E-state index contributed by atoms with van der Waals surface area (Å²) < 4.78 is 5.25. The Hall–Kier alpha value is -1.94. The van der Waals surface area contributed by atoms with Crippen molar-refractivity contribution >= 4 is 5.78 Å². The molecule has 3 rings (SSSR count). The summed E-state index contributed by atoms with van der Waals surface area (Å²) >= 11 is 0. The summed E-state index contributed by atoms with van der Waals surface area (Å²) in [6.45, 7) is 10.8. The van der Waals surface area contributed by atoms with Gasteiger partial charge in [0.25, 0.3) is 0 Å². The van der Waals surface area contributed by atoms with Crippen molar-refractivity contribution in [3.63, 3.8) is 0 Å². The molecule has 2 heterocycles. The molecule has 24 heavy (non-hydrogen) atoms. The highest BCUT2D eigenvalue weighted by molar-refractivity contribution is 5.99. The van der Waals surface area contributed by atoms with Crippen molar-refractivity contribution in [2.45, 2.75) is 47.1 Å². The minimum absolute atomic E-state index is 0.146. The van der Waals surface area contributed by atoms with E-state index in [0.29, 0.717) is 5.78 Å². The van der Waals surface area contributed by atoms with Gasteiger partial charge in [-0.05, 0) is 59.2 Å². The van der Waals surface area contributed by atoms with E-state index < -0.39 is 0 Å². The minimum atomic E-state index is 0.146. The number of hydrogen-bond donors (Lipinski definition) is 0. The lowest BCUT2D eigenvalue weighted by Crippen LogP contribution is -2.36. The standard InChI is InChI=1S/C20H26N2O2/c1-13-5-6-18(14(2)11-13)20(23)17-7-9-22(10-8-17)12-19-15(3)21-24-16(19)4/h5-6,11,17H,7-10,12H2,1-4H3. The number of piperidine rings is 1. The first-order valence-electron chi connectivity index (χ1n) is 8.71. The summed E-state index contributed by atoms with van der Waals surface area (Å²) in [6.07, 6.45) is 1.85. The van der Waals surface area contributed by atoms with Gasteiger partial charge in [-0.25, -0.2) is 0 Å². The first-order chi connectivity index (χ1) is 11.5. The van der Waals surface area contributed by atoms with Gasteiger partial charge in [0.2, 0.25) is 0 Å². The molecule has 1 aromatic carbocycles. The second kappa shape index (κ2) is 6.89. The average molecular weight is 326 g/mol. The molecule has 1 saturated heterocycles. The van der Waals surface area contributed by atoms with Gasteiger partial charge in [0, 0.05) is 23.6 Å². The third-order valence-corrected chi connectivity index (χ3v) is 5.17. The Morgan fingerprint density at radius 2 is 1.92 bits per heavy atom. The van der Waals surface area contributed by atoms with Crippen molar-refractivity contribution in [2.75, 3.05) is 13.1 Å². The van der Waals surface area contributed by atoms with E-state index in [1.54, 1.807) is 0 Å². The fourth-order valence-electron chi connectivity index (χ4n) is 3.61. The molecule has 2 aromatic rings. The largest absolute Gasteiger partial charge is 0.361 e. The number of hydrogen-bond acceptors (Lipinski definition) is 4. The van der Waals surface area contributed by atoms with Crippen molar-refractivity contribution in [3.8, 4) is 0 Å². The SMILES string of the molecule is Cc1ccc(C(=O)C2CCN(Cc3c(C)noc3C)CC2)c(C)c1. The van der Waals surface area contributed by atoms with Crippen LogP contribution in [0, 0.1) is 33.6 Å². The highest BCUT2D eigenvalue weighted by atomic mass is 16.5.